The SMILES string of the molecule is Cc1cc([N+](=O)[O-])cc(C)c1Oc1ccc(Cc2ccc(Oc3c(C)cc([N+](=O)[O-])cc3C)cc2)cc1. The molecule has 4 aromatic rings. The van der Waals surface area contributed by atoms with Gasteiger partial charge in [-0.25, -0.2) is 0 Å². The minimum absolute atomic E-state index is 0.0483. The maximum absolute atomic E-state index is 11.1. The number of non-ortho nitro benzene ring substituents is 2. The maximum atomic E-state index is 11.1. The quantitative estimate of drug-likeness (QED) is 0.180. The summed E-state index contributed by atoms with van der Waals surface area (Å²) in [5.74, 6) is 2.54. The monoisotopic (exact) mass is 498 g/mol. The van der Waals surface area contributed by atoms with Crippen molar-refractivity contribution in [2.45, 2.75) is 34.1 Å². The van der Waals surface area contributed by atoms with Crippen molar-refractivity contribution >= 4 is 11.4 Å². The van der Waals surface area contributed by atoms with Crippen LogP contribution in [-0.4, -0.2) is 9.85 Å². The van der Waals surface area contributed by atoms with E-state index in [0.29, 0.717) is 51.7 Å². The Morgan fingerprint density at radius 3 is 1.14 bits per heavy atom. The molecule has 0 fully saturated rings. The maximum Gasteiger partial charge on any atom is 0.270 e. The average Bonchev–Trinajstić information content (AvgIpc) is 2.85. The van der Waals surface area contributed by atoms with E-state index in [9.17, 15) is 20.2 Å². The molecule has 0 radical (unpaired) electrons. The zero-order valence-corrected chi connectivity index (χ0v) is 21.0. The number of aryl methyl sites for hydroxylation is 4. The van der Waals surface area contributed by atoms with Crippen LogP contribution in [0.2, 0.25) is 0 Å². The number of nitro benzene ring substituents is 2. The van der Waals surface area contributed by atoms with Gasteiger partial charge < -0.3 is 9.47 Å². The van der Waals surface area contributed by atoms with Gasteiger partial charge in [0.2, 0.25) is 0 Å². The van der Waals surface area contributed by atoms with Gasteiger partial charge in [-0.2, -0.15) is 0 Å². The molecular weight excluding hydrogens is 472 g/mol. The summed E-state index contributed by atoms with van der Waals surface area (Å²) >= 11 is 0. The Labute approximate surface area is 214 Å². The first-order chi connectivity index (χ1) is 17.6. The van der Waals surface area contributed by atoms with Crippen LogP contribution in [0.3, 0.4) is 0 Å². The van der Waals surface area contributed by atoms with Crippen molar-refractivity contribution in [3.63, 3.8) is 0 Å². The molecule has 0 bridgehead atoms. The second kappa shape index (κ2) is 10.5. The van der Waals surface area contributed by atoms with E-state index in [4.69, 9.17) is 9.47 Å². The van der Waals surface area contributed by atoms with Gasteiger partial charge in [-0.3, -0.25) is 20.2 Å². The third-order valence-corrected chi connectivity index (χ3v) is 6.01. The van der Waals surface area contributed by atoms with Crippen LogP contribution in [0.25, 0.3) is 0 Å². The van der Waals surface area contributed by atoms with Crippen molar-refractivity contribution < 1.29 is 19.3 Å². The highest BCUT2D eigenvalue weighted by Gasteiger charge is 2.15. The van der Waals surface area contributed by atoms with E-state index in [0.717, 1.165) is 11.1 Å². The number of benzene rings is 4. The first-order valence-electron chi connectivity index (χ1n) is 11.7. The van der Waals surface area contributed by atoms with Gasteiger partial charge in [-0.1, -0.05) is 24.3 Å². The normalized spacial score (nSPS) is 10.7. The molecule has 0 N–H and O–H groups in total. The molecule has 4 rings (SSSR count). The Kier molecular flexibility index (Phi) is 7.20. The summed E-state index contributed by atoms with van der Waals surface area (Å²) in [6.45, 7) is 7.17. The highest BCUT2D eigenvalue weighted by Crippen LogP contribution is 2.34. The van der Waals surface area contributed by atoms with Crippen molar-refractivity contribution in [2.24, 2.45) is 0 Å². The summed E-state index contributed by atoms with van der Waals surface area (Å²) in [6, 6.07) is 21.5. The van der Waals surface area contributed by atoms with Crippen LogP contribution < -0.4 is 9.47 Å². The van der Waals surface area contributed by atoms with Gasteiger partial charge in [0.1, 0.15) is 23.0 Å². The van der Waals surface area contributed by atoms with Crippen LogP contribution in [0.15, 0.2) is 72.8 Å². The van der Waals surface area contributed by atoms with E-state index < -0.39 is 9.85 Å². The third-order valence-electron chi connectivity index (χ3n) is 6.01. The lowest BCUT2D eigenvalue weighted by Gasteiger charge is -2.13. The minimum atomic E-state index is -0.408. The molecule has 37 heavy (non-hydrogen) atoms. The van der Waals surface area contributed by atoms with Crippen LogP contribution in [0, 0.1) is 47.9 Å². The molecule has 0 amide bonds. The number of rotatable bonds is 8. The average molecular weight is 499 g/mol. The molecule has 0 aliphatic heterocycles. The molecule has 0 heterocycles. The van der Waals surface area contributed by atoms with Crippen molar-refractivity contribution in [3.05, 3.63) is 126 Å². The van der Waals surface area contributed by atoms with Crippen LogP contribution in [-0.2, 0) is 6.42 Å². The molecule has 4 aromatic carbocycles. The van der Waals surface area contributed by atoms with Crippen molar-refractivity contribution in [2.75, 3.05) is 0 Å². The molecule has 0 spiro atoms. The van der Waals surface area contributed by atoms with Gasteiger partial charge in [0.05, 0.1) is 9.85 Å². The molecule has 0 aromatic heterocycles. The van der Waals surface area contributed by atoms with Crippen LogP contribution in [0.1, 0.15) is 33.4 Å². The van der Waals surface area contributed by atoms with E-state index in [2.05, 4.69) is 0 Å². The Balaban J connectivity index is 1.42. The predicted octanol–water partition coefficient (Wildman–Crippen LogP) is 7.91. The van der Waals surface area contributed by atoms with E-state index in [1.165, 1.54) is 24.3 Å². The van der Waals surface area contributed by atoms with E-state index >= 15 is 0 Å². The molecule has 0 saturated carbocycles. The molecule has 8 nitrogen and oxygen atoms in total. The largest absolute Gasteiger partial charge is 0.457 e. The van der Waals surface area contributed by atoms with Crippen molar-refractivity contribution in [1.82, 2.24) is 0 Å². The molecular formula is C29H26N2O6. The molecule has 8 heteroatoms. The number of nitro groups is 2. The lowest BCUT2D eigenvalue weighted by molar-refractivity contribution is -0.385. The first-order valence-corrected chi connectivity index (χ1v) is 11.7. The lowest BCUT2D eigenvalue weighted by Crippen LogP contribution is -1.96. The Bertz CT molecular complexity index is 1320. The number of hydrogen-bond acceptors (Lipinski definition) is 6. The standard InChI is InChI=1S/C29H26N2O6/c1-18-13-24(30(32)33)14-19(2)28(18)36-26-9-5-22(6-10-26)17-23-7-11-27(12-8-23)37-29-20(3)15-25(31(34)35)16-21(29)4/h5-16H,17H2,1-4H3. The summed E-state index contributed by atoms with van der Waals surface area (Å²) in [4.78, 5) is 21.3. The van der Waals surface area contributed by atoms with Gasteiger partial charge in [0.15, 0.2) is 0 Å². The summed E-state index contributed by atoms with van der Waals surface area (Å²) < 4.78 is 12.0. The smallest absolute Gasteiger partial charge is 0.270 e. The fraction of sp³-hybridized carbons (Fsp3) is 0.172. The summed E-state index contributed by atoms with van der Waals surface area (Å²) in [5.41, 5.74) is 5.11. The Hall–Kier alpha value is -4.72. The second-order valence-corrected chi connectivity index (χ2v) is 9.00. The number of ether oxygens (including phenoxy) is 2. The zero-order valence-electron chi connectivity index (χ0n) is 21.0. The van der Waals surface area contributed by atoms with Crippen LogP contribution in [0.5, 0.6) is 23.0 Å². The zero-order chi connectivity index (χ0) is 26.7. The first kappa shape index (κ1) is 25.4. The lowest BCUT2D eigenvalue weighted by atomic mass is 10.0. The van der Waals surface area contributed by atoms with Gasteiger partial charge in [0, 0.05) is 24.3 Å². The van der Waals surface area contributed by atoms with Crippen LogP contribution >= 0.6 is 0 Å². The molecule has 0 atom stereocenters. The van der Waals surface area contributed by atoms with Gasteiger partial charge in [-0.05, 0) is 91.8 Å². The summed E-state index contributed by atoms with van der Waals surface area (Å²) in [7, 11) is 0. The molecule has 188 valence electrons. The van der Waals surface area contributed by atoms with Crippen molar-refractivity contribution in [1.29, 1.82) is 0 Å². The molecule has 0 aliphatic carbocycles. The highest BCUT2D eigenvalue weighted by molar-refractivity contribution is 5.52. The topological polar surface area (TPSA) is 105 Å². The van der Waals surface area contributed by atoms with Crippen molar-refractivity contribution in [3.8, 4) is 23.0 Å². The fourth-order valence-electron chi connectivity index (χ4n) is 4.21. The number of hydrogen-bond donors (Lipinski definition) is 0. The van der Waals surface area contributed by atoms with Gasteiger partial charge in [-0.15, -0.1) is 0 Å². The van der Waals surface area contributed by atoms with Gasteiger partial charge in [0.25, 0.3) is 11.4 Å². The molecule has 0 unspecified atom stereocenters. The molecule has 0 saturated heterocycles. The Morgan fingerprint density at radius 2 is 0.865 bits per heavy atom. The highest BCUT2D eigenvalue weighted by atomic mass is 16.6. The van der Waals surface area contributed by atoms with Crippen LogP contribution in [0.4, 0.5) is 11.4 Å². The van der Waals surface area contributed by atoms with E-state index in [1.807, 2.05) is 48.5 Å². The molecule has 0 aliphatic rings. The third kappa shape index (κ3) is 5.92. The number of nitrogens with zero attached hydrogens (tertiary/aromatic N) is 2. The predicted molar refractivity (Wildman–Crippen MR) is 141 cm³/mol. The van der Waals surface area contributed by atoms with E-state index in [1.54, 1.807) is 27.7 Å². The summed E-state index contributed by atoms with van der Waals surface area (Å²) in [6.07, 6.45) is 0.714. The second-order valence-electron chi connectivity index (χ2n) is 9.00. The summed E-state index contributed by atoms with van der Waals surface area (Å²) in [5, 5.41) is 22.1. The van der Waals surface area contributed by atoms with E-state index in [-0.39, 0.29) is 11.4 Å². The van der Waals surface area contributed by atoms with Gasteiger partial charge >= 0.3 is 0 Å². The fourth-order valence-corrected chi connectivity index (χ4v) is 4.21. The minimum Gasteiger partial charge on any atom is -0.457 e. The Morgan fingerprint density at radius 1 is 0.568 bits per heavy atom.